The zero-order chi connectivity index (χ0) is 15.8. The minimum atomic E-state index is -4.52. The average molecular weight is 308 g/mol. The molecule has 9 heteroatoms. The molecule has 3 unspecified atom stereocenters. The van der Waals surface area contributed by atoms with E-state index in [9.17, 15) is 27.6 Å². The molecular formula is C12H15F3N2O4. The molecule has 0 spiro atoms. The van der Waals surface area contributed by atoms with Crippen molar-refractivity contribution in [2.24, 2.45) is 11.8 Å². The van der Waals surface area contributed by atoms with Crippen LogP contribution in [0.3, 0.4) is 0 Å². The van der Waals surface area contributed by atoms with Gasteiger partial charge in [-0.15, -0.1) is 0 Å². The second-order valence-corrected chi connectivity index (χ2v) is 5.34. The number of alkyl halides is 3. The van der Waals surface area contributed by atoms with Gasteiger partial charge in [0.05, 0.1) is 5.92 Å². The number of carboxylic acids is 1. The van der Waals surface area contributed by atoms with Crippen LogP contribution < -0.4 is 5.32 Å². The topological polar surface area (TPSA) is 86.7 Å². The number of likely N-dealkylation sites (tertiary alicyclic amines) is 1. The van der Waals surface area contributed by atoms with Gasteiger partial charge in [-0.05, 0) is 19.3 Å². The fourth-order valence-electron chi connectivity index (χ4n) is 2.67. The first kappa shape index (κ1) is 15.6. The van der Waals surface area contributed by atoms with Crippen molar-refractivity contribution >= 4 is 17.8 Å². The molecule has 2 saturated heterocycles. The lowest BCUT2D eigenvalue weighted by Gasteiger charge is -2.31. The molecule has 0 radical (unpaired) electrons. The van der Waals surface area contributed by atoms with Crippen LogP contribution in [0.1, 0.15) is 19.3 Å². The van der Waals surface area contributed by atoms with Crippen LogP contribution in [0.2, 0.25) is 0 Å². The summed E-state index contributed by atoms with van der Waals surface area (Å²) in [6.45, 7) is 0.211. The Morgan fingerprint density at radius 2 is 1.90 bits per heavy atom. The van der Waals surface area contributed by atoms with E-state index in [0.717, 1.165) is 0 Å². The second kappa shape index (κ2) is 5.53. The third-order valence-corrected chi connectivity index (χ3v) is 3.92. The van der Waals surface area contributed by atoms with E-state index in [1.807, 2.05) is 5.32 Å². The molecule has 2 fully saturated rings. The van der Waals surface area contributed by atoms with Gasteiger partial charge in [-0.3, -0.25) is 14.4 Å². The van der Waals surface area contributed by atoms with Gasteiger partial charge in [0.1, 0.15) is 12.0 Å². The highest BCUT2D eigenvalue weighted by atomic mass is 19.4. The van der Waals surface area contributed by atoms with Crippen molar-refractivity contribution < 1.29 is 32.7 Å². The van der Waals surface area contributed by atoms with E-state index in [-0.39, 0.29) is 25.9 Å². The third kappa shape index (κ3) is 3.27. The fourth-order valence-corrected chi connectivity index (χ4v) is 2.67. The highest BCUT2D eigenvalue weighted by molar-refractivity contribution is 6.01. The number of amides is 2. The molecule has 3 atom stereocenters. The number of nitrogens with zero attached hydrogens (tertiary/aromatic N) is 1. The van der Waals surface area contributed by atoms with Crippen molar-refractivity contribution in [3.63, 3.8) is 0 Å². The molecule has 118 valence electrons. The van der Waals surface area contributed by atoms with Crippen LogP contribution in [0.25, 0.3) is 0 Å². The first-order valence-electron chi connectivity index (χ1n) is 6.59. The van der Waals surface area contributed by atoms with Gasteiger partial charge < -0.3 is 15.3 Å². The van der Waals surface area contributed by atoms with Crippen molar-refractivity contribution in [1.29, 1.82) is 0 Å². The highest BCUT2D eigenvalue weighted by Crippen LogP contribution is 2.30. The predicted octanol–water partition coefficient (Wildman–Crippen LogP) is 0.377. The molecule has 2 aliphatic rings. The summed E-state index contributed by atoms with van der Waals surface area (Å²) in [5, 5.41) is 10.7. The first-order valence-corrected chi connectivity index (χ1v) is 6.59. The van der Waals surface area contributed by atoms with Gasteiger partial charge in [0.15, 0.2) is 0 Å². The smallest absolute Gasteiger partial charge is 0.408 e. The van der Waals surface area contributed by atoms with Crippen molar-refractivity contribution in [3.05, 3.63) is 0 Å². The van der Waals surface area contributed by atoms with Crippen LogP contribution in [0.15, 0.2) is 0 Å². The molecule has 0 saturated carbocycles. The minimum Gasteiger partial charge on any atom is -0.481 e. The zero-order valence-corrected chi connectivity index (χ0v) is 11.0. The number of rotatable bonds is 2. The lowest BCUT2D eigenvalue weighted by atomic mass is 9.92. The lowest BCUT2D eigenvalue weighted by molar-refractivity contribution is -0.172. The van der Waals surface area contributed by atoms with Crippen molar-refractivity contribution in [1.82, 2.24) is 10.2 Å². The maximum atomic E-state index is 12.5. The molecule has 0 aromatic heterocycles. The van der Waals surface area contributed by atoms with Crippen LogP contribution in [-0.2, 0) is 14.4 Å². The largest absolute Gasteiger partial charge is 0.481 e. The first-order chi connectivity index (χ1) is 9.70. The summed E-state index contributed by atoms with van der Waals surface area (Å²) >= 11 is 0. The summed E-state index contributed by atoms with van der Waals surface area (Å²) < 4.78 is 37.5. The van der Waals surface area contributed by atoms with Gasteiger partial charge >= 0.3 is 12.1 Å². The average Bonchev–Trinajstić information content (AvgIpc) is 2.86. The van der Waals surface area contributed by atoms with Crippen LogP contribution >= 0.6 is 0 Å². The Labute approximate surface area is 118 Å². The number of hydrogen-bond acceptors (Lipinski definition) is 3. The van der Waals surface area contributed by atoms with Crippen LogP contribution in [0.5, 0.6) is 0 Å². The number of carboxylic acid groups (broad SMARTS) is 1. The molecule has 2 aliphatic heterocycles. The number of carbonyl (C=O) groups is 3. The van der Waals surface area contributed by atoms with E-state index in [0.29, 0.717) is 6.42 Å². The number of halogens is 3. The van der Waals surface area contributed by atoms with Crippen molar-refractivity contribution in [2.75, 3.05) is 13.1 Å². The normalized spacial score (nSPS) is 30.1. The SMILES string of the molecule is O=C(O)C1CCN(C(=O)C2CCC(C(F)(F)F)NC2=O)C1. The van der Waals surface area contributed by atoms with Gasteiger partial charge in [-0.25, -0.2) is 0 Å². The molecule has 2 amide bonds. The molecule has 2 rings (SSSR count). The van der Waals surface area contributed by atoms with E-state index in [4.69, 9.17) is 5.11 Å². The van der Waals surface area contributed by atoms with E-state index in [1.54, 1.807) is 0 Å². The van der Waals surface area contributed by atoms with Gasteiger partial charge in [0.25, 0.3) is 0 Å². The molecule has 0 bridgehead atoms. The molecule has 0 aromatic carbocycles. The summed E-state index contributed by atoms with van der Waals surface area (Å²) in [6, 6.07) is -1.92. The van der Waals surface area contributed by atoms with E-state index in [2.05, 4.69) is 0 Å². The molecule has 0 aromatic rings. The maximum absolute atomic E-state index is 12.5. The summed E-state index contributed by atoms with van der Waals surface area (Å²) in [5.74, 6) is -4.38. The number of piperidine rings is 1. The van der Waals surface area contributed by atoms with Crippen LogP contribution in [-0.4, -0.2) is 53.1 Å². The predicted molar refractivity (Wildman–Crippen MR) is 63.0 cm³/mol. The number of hydrogen-bond donors (Lipinski definition) is 2. The van der Waals surface area contributed by atoms with Gasteiger partial charge in [-0.1, -0.05) is 0 Å². The molecule has 21 heavy (non-hydrogen) atoms. The fraction of sp³-hybridized carbons (Fsp3) is 0.750. The Morgan fingerprint density at radius 3 is 2.38 bits per heavy atom. The van der Waals surface area contributed by atoms with Gasteiger partial charge in [0, 0.05) is 13.1 Å². The Hall–Kier alpha value is -1.80. The number of carbonyl (C=O) groups excluding carboxylic acids is 2. The molecule has 0 aliphatic carbocycles. The van der Waals surface area contributed by atoms with E-state index < -0.39 is 41.8 Å². The summed E-state index contributed by atoms with van der Waals surface area (Å²) in [6.07, 6.45) is -4.75. The Kier molecular flexibility index (Phi) is 4.11. The molecule has 6 nitrogen and oxygen atoms in total. The molecule has 2 N–H and O–H groups in total. The Bertz CT molecular complexity index is 466. The standard InChI is InChI=1S/C12H15F3N2O4/c13-12(14,15)8-2-1-7(9(18)16-8)10(19)17-4-3-6(5-17)11(20)21/h6-8H,1-5H2,(H,16,18)(H,20,21). The van der Waals surface area contributed by atoms with Crippen LogP contribution in [0.4, 0.5) is 13.2 Å². The van der Waals surface area contributed by atoms with Crippen molar-refractivity contribution in [3.8, 4) is 0 Å². The molecule has 2 heterocycles. The van der Waals surface area contributed by atoms with E-state index >= 15 is 0 Å². The number of nitrogens with one attached hydrogen (secondary N) is 1. The third-order valence-electron chi connectivity index (χ3n) is 3.92. The Morgan fingerprint density at radius 1 is 1.24 bits per heavy atom. The van der Waals surface area contributed by atoms with Gasteiger partial charge in [-0.2, -0.15) is 13.2 Å². The monoisotopic (exact) mass is 308 g/mol. The van der Waals surface area contributed by atoms with Crippen LogP contribution in [0, 0.1) is 11.8 Å². The maximum Gasteiger partial charge on any atom is 0.408 e. The molecular weight excluding hydrogens is 293 g/mol. The Balaban J connectivity index is 1.96. The lowest BCUT2D eigenvalue weighted by Crippen LogP contribution is -2.54. The zero-order valence-electron chi connectivity index (χ0n) is 11.0. The summed E-state index contributed by atoms with van der Waals surface area (Å²) in [7, 11) is 0. The minimum absolute atomic E-state index is 0.000641. The van der Waals surface area contributed by atoms with E-state index in [1.165, 1.54) is 4.90 Å². The summed E-state index contributed by atoms with van der Waals surface area (Å²) in [5.41, 5.74) is 0. The van der Waals surface area contributed by atoms with Gasteiger partial charge in [0.2, 0.25) is 11.8 Å². The second-order valence-electron chi connectivity index (χ2n) is 5.34. The highest BCUT2D eigenvalue weighted by Gasteiger charge is 2.47. The number of aliphatic carboxylic acids is 1. The summed E-state index contributed by atoms with van der Waals surface area (Å²) in [4.78, 5) is 35.9. The quantitative estimate of drug-likeness (QED) is 0.722. The van der Waals surface area contributed by atoms with Crippen molar-refractivity contribution in [2.45, 2.75) is 31.5 Å².